The molecule has 1 aromatic rings. The minimum absolute atomic E-state index is 0.0150. The highest BCUT2D eigenvalue weighted by Crippen LogP contribution is 2.36. The molecule has 1 aliphatic heterocycles. The Morgan fingerprint density at radius 1 is 1.69 bits per heavy atom. The molecule has 1 amide bonds. The molecule has 5 heteroatoms. The summed E-state index contributed by atoms with van der Waals surface area (Å²) >= 11 is 3.39. The molecule has 86 valence electrons. The van der Waals surface area contributed by atoms with E-state index < -0.39 is 0 Å². The van der Waals surface area contributed by atoms with Gasteiger partial charge in [0.15, 0.2) is 0 Å². The smallest absolute Gasteiger partial charge is 0.220 e. The number of carbonyl (C=O) groups is 1. The summed E-state index contributed by atoms with van der Waals surface area (Å²) in [6.45, 7) is 2.46. The van der Waals surface area contributed by atoms with Crippen molar-refractivity contribution >= 4 is 21.8 Å². The van der Waals surface area contributed by atoms with Crippen molar-refractivity contribution in [1.82, 2.24) is 10.3 Å². The van der Waals surface area contributed by atoms with Crippen LogP contribution in [0, 0.1) is 0 Å². The number of aromatic nitrogens is 1. The van der Waals surface area contributed by atoms with Gasteiger partial charge >= 0.3 is 0 Å². The Labute approximate surface area is 103 Å². The zero-order valence-corrected chi connectivity index (χ0v) is 10.6. The van der Waals surface area contributed by atoms with Crippen molar-refractivity contribution in [2.24, 2.45) is 0 Å². The molecule has 16 heavy (non-hydrogen) atoms. The first-order valence-electron chi connectivity index (χ1n) is 5.28. The van der Waals surface area contributed by atoms with Crippen LogP contribution in [0.3, 0.4) is 0 Å². The molecule has 0 aromatic carbocycles. The Balaban J connectivity index is 2.26. The Morgan fingerprint density at radius 2 is 2.50 bits per heavy atom. The van der Waals surface area contributed by atoms with Crippen molar-refractivity contribution < 1.29 is 9.53 Å². The molecule has 0 bridgehead atoms. The Bertz CT molecular complexity index is 409. The van der Waals surface area contributed by atoms with E-state index in [1.54, 1.807) is 12.4 Å². The third-order valence-corrected chi connectivity index (χ3v) is 3.13. The summed E-state index contributed by atoms with van der Waals surface area (Å²) in [5.41, 5.74) is 0.947. The summed E-state index contributed by atoms with van der Waals surface area (Å²) in [5.74, 6) is 0.848. The number of rotatable bonds is 2. The standard InChI is InChI=1S/C11H13BrN2O2/c1-2-10(15)14-9-3-4-16-11-7(9)5-13-6-8(11)12/h5-6,9H,2-4H2,1H3,(H,14,15)/t9-/m1/s1. The molecule has 0 saturated heterocycles. The van der Waals surface area contributed by atoms with E-state index >= 15 is 0 Å². The summed E-state index contributed by atoms with van der Waals surface area (Å²) in [4.78, 5) is 15.5. The largest absolute Gasteiger partial charge is 0.492 e. The average Bonchev–Trinajstić information content (AvgIpc) is 2.30. The first-order valence-corrected chi connectivity index (χ1v) is 6.07. The van der Waals surface area contributed by atoms with Crippen molar-refractivity contribution in [2.75, 3.05) is 6.61 Å². The molecule has 0 fully saturated rings. The van der Waals surface area contributed by atoms with Gasteiger partial charge in [0.25, 0.3) is 0 Å². The van der Waals surface area contributed by atoms with Gasteiger partial charge in [-0.15, -0.1) is 0 Å². The predicted molar refractivity (Wildman–Crippen MR) is 63.2 cm³/mol. The quantitative estimate of drug-likeness (QED) is 0.906. The van der Waals surface area contributed by atoms with E-state index in [1.165, 1.54) is 0 Å². The molecule has 1 atom stereocenters. The summed E-state index contributed by atoms with van der Waals surface area (Å²) in [5, 5.41) is 2.97. The van der Waals surface area contributed by atoms with Crippen molar-refractivity contribution in [3.8, 4) is 5.75 Å². The monoisotopic (exact) mass is 284 g/mol. The van der Waals surface area contributed by atoms with Crippen molar-refractivity contribution in [3.05, 3.63) is 22.4 Å². The van der Waals surface area contributed by atoms with E-state index in [0.717, 1.165) is 22.2 Å². The minimum atomic E-state index is 0.0150. The predicted octanol–water partition coefficient (Wildman–Crippen LogP) is 2.19. The molecule has 0 saturated carbocycles. The number of hydrogen-bond donors (Lipinski definition) is 1. The van der Waals surface area contributed by atoms with Crippen LogP contribution >= 0.6 is 15.9 Å². The van der Waals surface area contributed by atoms with E-state index in [4.69, 9.17) is 4.74 Å². The Hall–Kier alpha value is -1.10. The first-order chi connectivity index (χ1) is 7.72. The lowest BCUT2D eigenvalue weighted by Gasteiger charge is -2.26. The molecular formula is C11H13BrN2O2. The number of carbonyl (C=O) groups excluding carboxylic acids is 1. The normalized spacial score (nSPS) is 18.5. The summed E-state index contributed by atoms with van der Waals surface area (Å²) in [7, 11) is 0. The number of fused-ring (bicyclic) bond motifs is 1. The second-order valence-corrected chi connectivity index (χ2v) is 4.50. The fourth-order valence-corrected chi connectivity index (χ4v) is 2.18. The van der Waals surface area contributed by atoms with Crippen LogP contribution in [0.1, 0.15) is 31.4 Å². The van der Waals surface area contributed by atoms with Crippen molar-refractivity contribution in [1.29, 1.82) is 0 Å². The van der Waals surface area contributed by atoms with Crippen LogP contribution in [-0.4, -0.2) is 17.5 Å². The Morgan fingerprint density at radius 3 is 3.25 bits per heavy atom. The SMILES string of the molecule is CCC(=O)N[C@@H]1CCOc2c(Br)cncc21. The van der Waals surface area contributed by atoms with Crippen molar-refractivity contribution in [3.63, 3.8) is 0 Å². The van der Waals surface area contributed by atoms with Crippen LogP contribution in [0.4, 0.5) is 0 Å². The third kappa shape index (κ3) is 2.19. The van der Waals surface area contributed by atoms with Gasteiger partial charge in [-0.2, -0.15) is 0 Å². The lowest BCUT2D eigenvalue weighted by Crippen LogP contribution is -2.31. The molecule has 2 rings (SSSR count). The van der Waals surface area contributed by atoms with Crippen LogP contribution in [0.2, 0.25) is 0 Å². The van der Waals surface area contributed by atoms with Gasteiger partial charge in [-0.25, -0.2) is 0 Å². The number of halogens is 1. The van der Waals surface area contributed by atoms with Crippen LogP contribution in [-0.2, 0) is 4.79 Å². The highest BCUT2D eigenvalue weighted by molar-refractivity contribution is 9.10. The van der Waals surface area contributed by atoms with E-state index in [1.807, 2.05) is 6.92 Å². The van der Waals surface area contributed by atoms with Crippen molar-refractivity contribution in [2.45, 2.75) is 25.8 Å². The molecule has 0 unspecified atom stereocenters. The highest BCUT2D eigenvalue weighted by Gasteiger charge is 2.24. The van der Waals surface area contributed by atoms with Gasteiger partial charge in [0.05, 0.1) is 17.1 Å². The lowest BCUT2D eigenvalue weighted by atomic mass is 10.0. The van der Waals surface area contributed by atoms with Gasteiger partial charge in [0.2, 0.25) is 5.91 Å². The number of pyridine rings is 1. The van der Waals surface area contributed by atoms with Crippen LogP contribution < -0.4 is 10.1 Å². The molecule has 1 aliphatic rings. The van der Waals surface area contributed by atoms with Gasteiger partial charge in [0.1, 0.15) is 5.75 Å². The lowest BCUT2D eigenvalue weighted by molar-refractivity contribution is -0.121. The topological polar surface area (TPSA) is 51.2 Å². The maximum Gasteiger partial charge on any atom is 0.220 e. The van der Waals surface area contributed by atoms with E-state index in [-0.39, 0.29) is 11.9 Å². The molecule has 1 N–H and O–H groups in total. The second-order valence-electron chi connectivity index (χ2n) is 3.65. The third-order valence-electron chi connectivity index (χ3n) is 2.57. The molecule has 2 heterocycles. The van der Waals surface area contributed by atoms with Gasteiger partial charge in [-0.3, -0.25) is 9.78 Å². The number of hydrogen-bond acceptors (Lipinski definition) is 3. The molecule has 1 aromatic heterocycles. The van der Waals surface area contributed by atoms with Gasteiger partial charge in [0, 0.05) is 30.8 Å². The number of amides is 1. The molecule has 0 radical (unpaired) electrons. The maximum absolute atomic E-state index is 11.4. The summed E-state index contributed by atoms with van der Waals surface area (Å²) in [6.07, 6.45) is 4.73. The van der Waals surface area contributed by atoms with E-state index in [2.05, 4.69) is 26.2 Å². The van der Waals surface area contributed by atoms with Crippen LogP contribution in [0.15, 0.2) is 16.9 Å². The molecule has 0 aliphatic carbocycles. The summed E-state index contributed by atoms with van der Waals surface area (Å²) in [6, 6.07) is 0.0150. The Kier molecular flexibility index (Phi) is 3.43. The zero-order valence-electron chi connectivity index (χ0n) is 9.00. The molecule has 0 spiro atoms. The van der Waals surface area contributed by atoms with Gasteiger partial charge in [-0.05, 0) is 15.9 Å². The molecule has 4 nitrogen and oxygen atoms in total. The number of ether oxygens (including phenoxy) is 1. The molecular weight excluding hydrogens is 272 g/mol. The number of nitrogens with zero attached hydrogens (tertiary/aromatic N) is 1. The van der Waals surface area contributed by atoms with E-state index in [0.29, 0.717) is 13.0 Å². The summed E-state index contributed by atoms with van der Waals surface area (Å²) < 4.78 is 6.40. The maximum atomic E-state index is 11.4. The fraction of sp³-hybridized carbons (Fsp3) is 0.455. The fourth-order valence-electron chi connectivity index (χ4n) is 1.72. The first kappa shape index (κ1) is 11.4. The second kappa shape index (κ2) is 4.82. The van der Waals surface area contributed by atoms with E-state index in [9.17, 15) is 4.79 Å². The van der Waals surface area contributed by atoms with Gasteiger partial charge in [-0.1, -0.05) is 6.92 Å². The number of nitrogens with one attached hydrogen (secondary N) is 1. The average molecular weight is 285 g/mol. The van der Waals surface area contributed by atoms with Crippen LogP contribution in [0.25, 0.3) is 0 Å². The van der Waals surface area contributed by atoms with Crippen LogP contribution in [0.5, 0.6) is 5.75 Å². The minimum Gasteiger partial charge on any atom is -0.492 e. The van der Waals surface area contributed by atoms with Gasteiger partial charge < -0.3 is 10.1 Å². The zero-order chi connectivity index (χ0) is 11.5. The highest BCUT2D eigenvalue weighted by atomic mass is 79.9.